The Bertz CT molecular complexity index is 3360. The van der Waals surface area contributed by atoms with Crippen LogP contribution in [0.25, 0.3) is 32.3 Å². The van der Waals surface area contributed by atoms with E-state index in [9.17, 15) is 0 Å². The summed E-state index contributed by atoms with van der Waals surface area (Å²) >= 11 is 2.03. The van der Waals surface area contributed by atoms with Crippen molar-refractivity contribution in [1.29, 1.82) is 0 Å². The van der Waals surface area contributed by atoms with Crippen LogP contribution in [0.5, 0.6) is 0 Å². The Balaban J connectivity index is 1.25. The molecule has 2 aliphatic heterocycles. The van der Waals surface area contributed by atoms with Gasteiger partial charge in [-0.05, 0) is 131 Å². The predicted molar refractivity (Wildman–Crippen MR) is 287 cm³/mol. The van der Waals surface area contributed by atoms with Gasteiger partial charge in [-0.1, -0.05) is 175 Å². The number of benzene rings is 7. The molecule has 0 fully saturated rings. The lowest BCUT2D eigenvalue weighted by Crippen LogP contribution is -2.61. The molecule has 1 aromatic heterocycles. The Morgan fingerprint density at radius 2 is 0.970 bits per heavy atom. The summed E-state index contributed by atoms with van der Waals surface area (Å²) in [6.07, 6.45) is 0. The Kier molecular flexibility index (Phi) is 8.45. The molecule has 2 nitrogen and oxygen atoms in total. The molecule has 0 N–H and O–H groups in total. The summed E-state index contributed by atoms with van der Waals surface area (Å²) in [5, 5.41) is 1.34. The van der Waals surface area contributed by atoms with Gasteiger partial charge in [0.1, 0.15) is 0 Å². The van der Waals surface area contributed by atoms with E-state index in [1.165, 1.54) is 121 Å². The smallest absolute Gasteiger partial charge is 0.264 e. The molecule has 0 saturated carbocycles. The van der Waals surface area contributed by atoms with Crippen LogP contribution in [0.4, 0.5) is 34.1 Å². The average Bonchev–Trinajstić information content (AvgIpc) is 3.84. The van der Waals surface area contributed by atoms with Gasteiger partial charge >= 0.3 is 0 Å². The quantitative estimate of drug-likeness (QED) is 0.160. The molecule has 0 saturated heterocycles. The third-order valence-electron chi connectivity index (χ3n) is 15.9. The molecule has 8 aromatic rings. The van der Waals surface area contributed by atoms with Crippen molar-refractivity contribution in [1.82, 2.24) is 0 Å². The lowest BCUT2D eigenvalue weighted by atomic mass is 9.35. The normalized spacial score (nSPS) is 16.1. The van der Waals surface area contributed by atoms with E-state index in [0.29, 0.717) is 0 Å². The Hall–Kier alpha value is -5.84. The van der Waals surface area contributed by atoms with Gasteiger partial charge in [0.25, 0.3) is 6.71 Å². The van der Waals surface area contributed by atoms with Crippen LogP contribution in [0, 0.1) is 0 Å². The van der Waals surface area contributed by atoms with E-state index < -0.39 is 0 Å². The number of rotatable bonds is 2. The van der Waals surface area contributed by atoms with Gasteiger partial charge in [-0.3, -0.25) is 0 Å². The fourth-order valence-electron chi connectivity index (χ4n) is 12.1. The van der Waals surface area contributed by atoms with Crippen LogP contribution in [0.3, 0.4) is 0 Å². The van der Waals surface area contributed by atoms with Crippen molar-refractivity contribution in [3.8, 4) is 22.3 Å². The van der Waals surface area contributed by atoms with Crippen molar-refractivity contribution >= 4 is 78.0 Å². The van der Waals surface area contributed by atoms with Crippen LogP contribution in [0.1, 0.15) is 129 Å². The summed E-state index contributed by atoms with van der Waals surface area (Å²) in [5.74, 6) is 0. The molecule has 66 heavy (non-hydrogen) atoms. The largest absolute Gasteiger partial charge is 0.311 e. The summed E-state index contributed by atoms with van der Waals surface area (Å²) in [6.45, 7) is 30.7. The van der Waals surface area contributed by atoms with Crippen molar-refractivity contribution in [3.63, 3.8) is 0 Å². The van der Waals surface area contributed by atoms with Gasteiger partial charge < -0.3 is 9.80 Å². The van der Waals surface area contributed by atoms with Crippen LogP contribution in [0.2, 0.25) is 0 Å². The Labute approximate surface area is 397 Å². The van der Waals surface area contributed by atoms with Gasteiger partial charge in [0.15, 0.2) is 0 Å². The number of nitrogens with zero attached hydrogens (tertiary/aromatic N) is 2. The molecule has 328 valence electrons. The van der Waals surface area contributed by atoms with Crippen LogP contribution in [-0.2, 0) is 27.1 Å². The number of hydrogen-bond acceptors (Lipinski definition) is 3. The molecule has 0 radical (unpaired) electrons. The highest BCUT2D eigenvalue weighted by Gasteiger charge is 2.50. The van der Waals surface area contributed by atoms with Gasteiger partial charge in [-0.15, -0.1) is 11.3 Å². The number of fused-ring (bicyclic) bond motifs is 13. The maximum atomic E-state index is 2.69. The van der Waals surface area contributed by atoms with Gasteiger partial charge in [-0.2, -0.15) is 0 Å². The maximum absolute atomic E-state index is 2.69. The van der Waals surface area contributed by atoms with Crippen molar-refractivity contribution < 1.29 is 0 Å². The number of hydrogen-bond donors (Lipinski definition) is 0. The SMILES string of the molecule is CC(C)(C)c1ccc(N2c3ccc(C(C)(C)C)cc3B3c4sc5cc6c(cc5c4N(c4ccc(C(C)(C)C)cc4)c4cc5c(c2c43)-c2ccccc2C5(C)C)-c2ccccc2C6(C)C)cc1. The first-order valence-electron chi connectivity index (χ1n) is 24.1. The molecular weight excluding hydrogens is 816 g/mol. The molecule has 7 aromatic carbocycles. The molecule has 4 heteroatoms. The van der Waals surface area contributed by atoms with E-state index in [-0.39, 0.29) is 33.8 Å². The fourth-order valence-corrected chi connectivity index (χ4v) is 13.5. The summed E-state index contributed by atoms with van der Waals surface area (Å²) in [4.78, 5) is 5.35. The van der Waals surface area contributed by atoms with Gasteiger partial charge in [-0.25, -0.2) is 0 Å². The van der Waals surface area contributed by atoms with Crippen LogP contribution >= 0.6 is 11.3 Å². The summed E-state index contributed by atoms with van der Waals surface area (Å²) in [7, 11) is 0. The van der Waals surface area contributed by atoms with E-state index >= 15 is 0 Å². The minimum atomic E-state index is -0.222. The van der Waals surface area contributed by atoms with E-state index in [0.717, 1.165) is 0 Å². The Morgan fingerprint density at radius 1 is 0.455 bits per heavy atom. The third-order valence-corrected chi connectivity index (χ3v) is 17.1. The highest BCUT2D eigenvalue weighted by atomic mass is 32.1. The molecule has 2 aliphatic carbocycles. The third kappa shape index (κ3) is 5.67. The zero-order valence-electron chi connectivity index (χ0n) is 41.1. The van der Waals surface area contributed by atoms with E-state index in [1.54, 1.807) is 0 Å². The summed E-state index contributed by atoms with van der Waals surface area (Å²) in [5.41, 5.74) is 25.2. The summed E-state index contributed by atoms with van der Waals surface area (Å²) < 4.78 is 2.78. The first-order chi connectivity index (χ1) is 31.2. The van der Waals surface area contributed by atoms with E-state index in [1.807, 2.05) is 11.3 Å². The zero-order valence-corrected chi connectivity index (χ0v) is 41.9. The predicted octanol–water partition coefficient (Wildman–Crippen LogP) is 15.5. The molecule has 0 bridgehead atoms. The molecule has 0 spiro atoms. The zero-order chi connectivity index (χ0) is 46.2. The lowest BCUT2D eigenvalue weighted by molar-refractivity contribution is 0.590. The van der Waals surface area contributed by atoms with Crippen LogP contribution in [-0.4, -0.2) is 6.71 Å². The highest BCUT2D eigenvalue weighted by Crippen LogP contribution is 2.59. The van der Waals surface area contributed by atoms with Crippen molar-refractivity contribution in [2.24, 2.45) is 0 Å². The second-order valence-corrected chi connectivity index (χ2v) is 24.9. The Morgan fingerprint density at radius 3 is 1.56 bits per heavy atom. The van der Waals surface area contributed by atoms with Gasteiger partial charge in [0.2, 0.25) is 0 Å². The van der Waals surface area contributed by atoms with Crippen molar-refractivity contribution in [2.45, 2.75) is 117 Å². The van der Waals surface area contributed by atoms with Crippen molar-refractivity contribution in [2.75, 3.05) is 9.80 Å². The maximum Gasteiger partial charge on any atom is 0.264 e. The highest BCUT2D eigenvalue weighted by molar-refractivity contribution is 7.33. The van der Waals surface area contributed by atoms with E-state index in [2.05, 4.69) is 233 Å². The molecule has 0 unspecified atom stereocenters. The molecule has 0 amide bonds. The van der Waals surface area contributed by atoms with Crippen LogP contribution in [0.15, 0.2) is 133 Å². The molecule has 3 heterocycles. The monoisotopic (exact) mass is 876 g/mol. The molecule has 0 atom stereocenters. The van der Waals surface area contributed by atoms with E-state index in [4.69, 9.17) is 0 Å². The number of thiophene rings is 1. The first kappa shape index (κ1) is 41.6. The average molecular weight is 877 g/mol. The topological polar surface area (TPSA) is 6.48 Å². The molecule has 4 aliphatic rings. The fraction of sp³-hybridized carbons (Fsp3) is 0.290. The van der Waals surface area contributed by atoms with Gasteiger partial charge in [0, 0.05) is 54.0 Å². The first-order valence-corrected chi connectivity index (χ1v) is 24.9. The standard InChI is InChI=1S/C62H61BN2S/c1-58(2,3)36-22-27-39(28-23-36)64-50-31-26-38(60(7,8)9)32-49(50)63-54-51(34-48-53(56(54)64)42-19-15-17-21-46(42)62(48,12)13)65(40-29-24-37(25-30-40)59(4,5)6)55-44-33-43-41-18-14-16-20-45(41)61(10,11)47(43)35-52(44)66-57(55)63/h14-35H,1-13H3. The minimum absolute atomic E-state index is 0.0196. The second-order valence-electron chi connectivity index (χ2n) is 23.9. The van der Waals surface area contributed by atoms with Crippen molar-refractivity contribution in [3.05, 3.63) is 172 Å². The van der Waals surface area contributed by atoms with Crippen LogP contribution < -0.4 is 25.5 Å². The minimum Gasteiger partial charge on any atom is -0.311 e. The molecular formula is C62H61BN2S. The number of anilines is 6. The lowest BCUT2D eigenvalue weighted by Gasteiger charge is -2.45. The van der Waals surface area contributed by atoms with Gasteiger partial charge in [0.05, 0.1) is 11.4 Å². The molecule has 12 rings (SSSR count). The summed E-state index contributed by atoms with van der Waals surface area (Å²) in [6, 6.07) is 52.6. The second kappa shape index (κ2) is 13.4.